The van der Waals surface area contributed by atoms with Gasteiger partial charge in [0.1, 0.15) is 0 Å². The fourth-order valence-corrected chi connectivity index (χ4v) is 3.39. The second kappa shape index (κ2) is 8.07. The minimum absolute atomic E-state index is 0.284. The van der Waals surface area contributed by atoms with Crippen molar-refractivity contribution in [2.75, 3.05) is 59.5 Å². The lowest BCUT2D eigenvalue weighted by Gasteiger charge is -2.38. The molecule has 2 aliphatic heterocycles. The van der Waals surface area contributed by atoms with Crippen molar-refractivity contribution in [3.05, 3.63) is 35.4 Å². The van der Waals surface area contributed by atoms with Crippen LogP contribution in [-0.4, -0.2) is 86.2 Å². The first kappa shape index (κ1) is 17.4. The smallest absolute Gasteiger partial charge is 0.248 e. The van der Waals surface area contributed by atoms with Crippen LogP contribution in [0.2, 0.25) is 0 Å². The van der Waals surface area contributed by atoms with E-state index >= 15 is 0 Å². The topological polar surface area (TPSA) is 62.0 Å². The van der Waals surface area contributed by atoms with E-state index in [1.165, 1.54) is 5.56 Å². The fraction of sp³-hybridized carbons (Fsp3) is 0.611. The van der Waals surface area contributed by atoms with Crippen LogP contribution in [0.25, 0.3) is 0 Å². The summed E-state index contributed by atoms with van der Waals surface area (Å²) in [5.41, 5.74) is 7.06. The Balaban J connectivity index is 1.49. The van der Waals surface area contributed by atoms with Crippen LogP contribution in [0.3, 0.4) is 0 Å². The Labute approximate surface area is 144 Å². The van der Waals surface area contributed by atoms with Gasteiger partial charge in [0.2, 0.25) is 5.91 Å². The molecule has 1 amide bonds. The van der Waals surface area contributed by atoms with Gasteiger partial charge >= 0.3 is 0 Å². The lowest BCUT2D eigenvalue weighted by Crippen LogP contribution is -2.51. The van der Waals surface area contributed by atoms with Gasteiger partial charge in [0.15, 0.2) is 0 Å². The van der Waals surface area contributed by atoms with Crippen molar-refractivity contribution in [2.24, 2.45) is 5.73 Å². The average molecular weight is 332 g/mol. The van der Waals surface area contributed by atoms with Crippen LogP contribution in [0.1, 0.15) is 15.9 Å². The van der Waals surface area contributed by atoms with Gasteiger partial charge in [-0.3, -0.25) is 14.6 Å². The van der Waals surface area contributed by atoms with Crippen molar-refractivity contribution < 1.29 is 9.53 Å². The van der Waals surface area contributed by atoms with Gasteiger partial charge < -0.3 is 15.4 Å². The third kappa shape index (κ3) is 4.77. The summed E-state index contributed by atoms with van der Waals surface area (Å²) in [5.74, 6) is -0.375. The van der Waals surface area contributed by atoms with Crippen molar-refractivity contribution in [2.45, 2.75) is 12.6 Å². The number of nitrogens with two attached hydrogens (primary N) is 1. The van der Waals surface area contributed by atoms with Crippen LogP contribution in [0, 0.1) is 0 Å². The molecule has 0 aliphatic carbocycles. The number of carbonyl (C=O) groups is 1. The Morgan fingerprint density at radius 2 is 1.83 bits per heavy atom. The highest BCUT2D eigenvalue weighted by molar-refractivity contribution is 5.92. The Hall–Kier alpha value is -1.47. The first-order chi connectivity index (χ1) is 11.6. The molecule has 2 saturated heterocycles. The molecule has 3 rings (SSSR count). The van der Waals surface area contributed by atoms with E-state index in [2.05, 4.69) is 21.7 Å². The maximum Gasteiger partial charge on any atom is 0.248 e. The highest BCUT2D eigenvalue weighted by Gasteiger charge is 2.24. The number of amides is 1. The van der Waals surface area contributed by atoms with E-state index in [9.17, 15) is 4.79 Å². The molecule has 6 heteroatoms. The highest BCUT2D eigenvalue weighted by atomic mass is 16.5. The minimum Gasteiger partial charge on any atom is -0.374 e. The highest BCUT2D eigenvalue weighted by Crippen LogP contribution is 2.13. The number of hydrogen-bond donors (Lipinski definition) is 1. The number of carbonyl (C=O) groups excluding carboxylic acids is 1. The van der Waals surface area contributed by atoms with E-state index in [1.807, 2.05) is 12.1 Å². The largest absolute Gasteiger partial charge is 0.374 e. The monoisotopic (exact) mass is 332 g/mol. The zero-order chi connectivity index (χ0) is 16.9. The molecule has 0 aromatic heterocycles. The molecule has 24 heavy (non-hydrogen) atoms. The zero-order valence-electron chi connectivity index (χ0n) is 14.5. The number of primary amides is 1. The summed E-state index contributed by atoms with van der Waals surface area (Å²) in [6, 6.07) is 7.59. The SMILES string of the molecule is CN1CCN(CC2CN(Cc3ccc(C(N)=O)cc3)CCO2)CC1. The van der Waals surface area contributed by atoms with Gasteiger partial charge in [-0.05, 0) is 24.7 Å². The third-order valence-corrected chi connectivity index (χ3v) is 4.93. The van der Waals surface area contributed by atoms with Crippen LogP contribution in [0.4, 0.5) is 0 Å². The van der Waals surface area contributed by atoms with Gasteiger partial charge in [-0.1, -0.05) is 12.1 Å². The summed E-state index contributed by atoms with van der Waals surface area (Å²) in [5, 5.41) is 0. The van der Waals surface area contributed by atoms with Gasteiger partial charge in [0, 0.05) is 57.9 Å². The summed E-state index contributed by atoms with van der Waals surface area (Å²) in [4.78, 5) is 18.5. The standard InChI is InChI=1S/C18H28N4O2/c1-20-6-8-21(9-7-20)13-17-14-22(10-11-24-17)12-15-2-4-16(5-3-15)18(19)23/h2-5,17H,6-14H2,1H3,(H2,19,23). The molecule has 0 saturated carbocycles. The van der Waals surface area contributed by atoms with E-state index in [4.69, 9.17) is 10.5 Å². The summed E-state index contributed by atoms with van der Waals surface area (Å²) >= 11 is 0. The number of likely N-dealkylation sites (N-methyl/N-ethyl adjacent to an activating group) is 1. The van der Waals surface area contributed by atoms with Crippen LogP contribution in [0.15, 0.2) is 24.3 Å². The quantitative estimate of drug-likeness (QED) is 0.837. The number of rotatable bonds is 5. The van der Waals surface area contributed by atoms with E-state index in [0.29, 0.717) is 5.56 Å². The average Bonchev–Trinajstić information content (AvgIpc) is 2.58. The lowest BCUT2D eigenvalue weighted by molar-refractivity contribution is -0.0498. The van der Waals surface area contributed by atoms with Crippen LogP contribution in [0.5, 0.6) is 0 Å². The molecule has 1 unspecified atom stereocenters. The van der Waals surface area contributed by atoms with E-state index in [1.54, 1.807) is 12.1 Å². The Bertz CT molecular complexity index is 540. The first-order valence-electron chi connectivity index (χ1n) is 8.74. The number of piperazine rings is 1. The summed E-state index contributed by atoms with van der Waals surface area (Å²) in [7, 11) is 2.18. The van der Waals surface area contributed by atoms with E-state index < -0.39 is 0 Å². The molecule has 1 aromatic carbocycles. The number of hydrogen-bond acceptors (Lipinski definition) is 5. The maximum atomic E-state index is 11.1. The molecule has 2 fully saturated rings. The van der Waals surface area contributed by atoms with Crippen LogP contribution in [-0.2, 0) is 11.3 Å². The molecule has 2 aliphatic rings. The molecule has 0 radical (unpaired) electrons. The molecular weight excluding hydrogens is 304 g/mol. The molecule has 2 N–H and O–H groups in total. The second-order valence-electron chi connectivity index (χ2n) is 6.89. The minimum atomic E-state index is -0.375. The van der Waals surface area contributed by atoms with Gasteiger partial charge in [-0.15, -0.1) is 0 Å². The first-order valence-corrected chi connectivity index (χ1v) is 8.74. The molecule has 0 spiro atoms. The van der Waals surface area contributed by atoms with Crippen molar-refractivity contribution >= 4 is 5.91 Å². The molecule has 0 bridgehead atoms. The number of benzene rings is 1. The number of morpholine rings is 1. The van der Waals surface area contributed by atoms with Gasteiger partial charge in [-0.2, -0.15) is 0 Å². The van der Waals surface area contributed by atoms with Crippen molar-refractivity contribution in [3.8, 4) is 0 Å². The maximum absolute atomic E-state index is 11.1. The molecule has 1 atom stereocenters. The normalized spacial score (nSPS) is 24.1. The van der Waals surface area contributed by atoms with Crippen molar-refractivity contribution in [3.63, 3.8) is 0 Å². The summed E-state index contributed by atoms with van der Waals surface area (Å²) in [6.45, 7) is 9.16. The van der Waals surface area contributed by atoms with Crippen molar-refractivity contribution in [1.29, 1.82) is 0 Å². The molecule has 2 heterocycles. The molecular formula is C18H28N4O2. The molecule has 6 nitrogen and oxygen atoms in total. The Kier molecular flexibility index (Phi) is 5.84. The number of nitrogens with zero attached hydrogens (tertiary/aromatic N) is 3. The van der Waals surface area contributed by atoms with Gasteiger partial charge in [-0.25, -0.2) is 0 Å². The van der Waals surface area contributed by atoms with Gasteiger partial charge in [0.25, 0.3) is 0 Å². The Morgan fingerprint density at radius 3 is 2.50 bits per heavy atom. The van der Waals surface area contributed by atoms with Crippen molar-refractivity contribution in [1.82, 2.24) is 14.7 Å². The lowest BCUT2D eigenvalue weighted by atomic mass is 10.1. The summed E-state index contributed by atoms with van der Waals surface area (Å²) < 4.78 is 5.97. The zero-order valence-corrected chi connectivity index (χ0v) is 14.5. The third-order valence-electron chi connectivity index (χ3n) is 4.93. The predicted octanol–water partition coefficient (Wildman–Crippen LogP) is 0.234. The fourth-order valence-electron chi connectivity index (χ4n) is 3.39. The molecule has 132 valence electrons. The Morgan fingerprint density at radius 1 is 1.12 bits per heavy atom. The summed E-state index contributed by atoms with van der Waals surface area (Å²) in [6.07, 6.45) is 0.284. The molecule has 1 aromatic rings. The van der Waals surface area contributed by atoms with E-state index in [0.717, 1.165) is 59.0 Å². The van der Waals surface area contributed by atoms with Gasteiger partial charge in [0.05, 0.1) is 12.7 Å². The van der Waals surface area contributed by atoms with Crippen LogP contribution >= 0.6 is 0 Å². The van der Waals surface area contributed by atoms with E-state index in [-0.39, 0.29) is 12.0 Å². The predicted molar refractivity (Wildman–Crippen MR) is 93.9 cm³/mol. The number of ether oxygens (including phenoxy) is 1. The second-order valence-corrected chi connectivity index (χ2v) is 6.89. The van der Waals surface area contributed by atoms with Crippen LogP contribution < -0.4 is 5.73 Å².